The van der Waals surface area contributed by atoms with E-state index >= 15 is 0 Å². The fraction of sp³-hybridized carbons (Fsp3) is 0.200. The molecule has 0 aliphatic rings. The van der Waals surface area contributed by atoms with Crippen molar-refractivity contribution in [1.29, 1.82) is 0 Å². The third-order valence-electron chi connectivity index (χ3n) is 2.94. The number of phenols is 1. The molecule has 3 N–H and O–H groups in total. The third-order valence-corrected chi connectivity index (χ3v) is 3.17. The molecule has 2 aromatic carbocycles. The summed E-state index contributed by atoms with van der Waals surface area (Å²) >= 11 is 5.87. The maximum Gasteiger partial charge on any atom is 0.123 e. The molecule has 0 aliphatic carbocycles. The molecule has 2 aromatic rings. The monoisotopic (exact) mass is 295 g/mol. The SMILES string of the molecule is CCOC(c1ccc(Cl)cc1N)c1cc(F)ccc1O. The van der Waals surface area contributed by atoms with E-state index in [1.807, 2.05) is 6.92 Å². The zero-order valence-corrected chi connectivity index (χ0v) is 11.7. The van der Waals surface area contributed by atoms with Crippen LogP contribution < -0.4 is 5.73 Å². The fourth-order valence-corrected chi connectivity index (χ4v) is 2.21. The van der Waals surface area contributed by atoms with Gasteiger partial charge in [0.05, 0.1) is 0 Å². The Bertz CT molecular complexity index is 619. The molecule has 3 nitrogen and oxygen atoms in total. The molecule has 1 unspecified atom stereocenters. The Kier molecular flexibility index (Phi) is 4.47. The van der Waals surface area contributed by atoms with E-state index in [1.165, 1.54) is 18.2 Å². The first-order valence-electron chi connectivity index (χ1n) is 6.18. The minimum absolute atomic E-state index is 0.0424. The number of anilines is 1. The molecule has 0 saturated heterocycles. The standard InChI is InChI=1S/C15H15ClFNO2/c1-2-20-15(11-5-3-9(16)7-13(11)18)12-8-10(17)4-6-14(12)19/h3-8,15,19H,2,18H2,1H3. The molecule has 0 amide bonds. The predicted octanol–water partition coefficient (Wildman–Crippen LogP) is 3.89. The highest BCUT2D eigenvalue weighted by Crippen LogP contribution is 2.36. The summed E-state index contributed by atoms with van der Waals surface area (Å²) in [5, 5.41) is 10.4. The highest BCUT2D eigenvalue weighted by atomic mass is 35.5. The van der Waals surface area contributed by atoms with Gasteiger partial charge in [-0.2, -0.15) is 0 Å². The maximum atomic E-state index is 13.4. The molecule has 0 aromatic heterocycles. The molecule has 0 spiro atoms. The van der Waals surface area contributed by atoms with Crippen molar-refractivity contribution in [3.8, 4) is 5.75 Å². The van der Waals surface area contributed by atoms with Gasteiger partial charge < -0.3 is 15.6 Å². The summed E-state index contributed by atoms with van der Waals surface area (Å²) in [4.78, 5) is 0. The van der Waals surface area contributed by atoms with E-state index in [1.54, 1.807) is 18.2 Å². The van der Waals surface area contributed by atoms with Crippen molar-refractivity contribution < 1.29 is 14.2 Å². The normalized spacial score (nSPS) is 12.3. The third kappa shape index (κ3) is 3.03. The Morgan fingerprint density at radius 2 is 2.00 bits per heavy atom. The molecule has 0 saturated carbocycles. The van der Waals surface area contributed by atoms with Crippen LogP contribution in [-0.2, 0) is 4.74 Å². The average Bonchev–Trinajstić information content (AvgIpc) is 2.40. The number of halogens is 2. The average molecular weight is 296 g/mol. The van der Waals surface area contributed by atoms with E-state index in [4.69, 9.17) is 22.1 Å². The number of hydrogen-bond acceptors (Lipinski definition) is 3. The van der Waals surface area contributed by atoms with Gasteiger partial charge >= 0.3 is 0 Å². The van der Waals surface area contributed by atoms with Crippen molar-refractivity contribution in [3.05, 3.63) is 58.4 Å². The van der Waals surface area contributed by atoms with Gasteiger partial charge in [0.2, 0.25) is 0 Å². The summed E-state index contributed by atoms with van der Waals surface area (Å²) in [5.74, 6) is -0.491. The van der Waals surface area contributed by atoms with Crippen LogP contribution in [0, 0.1) is 5.82 Å². The van der Waals surface area contributed by atoms with Gasteiger partial charge in [0.15, 0.2) is 0 Å². The van der Waals surface area contributed by atoms with E-state index in [-0.39, 0.29) is 5.75 Å². The quantitative estimate of drug-likeness (QED) is 0.841. The van der Waals surface area contributed by atoms with E-state index in [0.717, 1.165) is 0 Å². The molecule has 0 radical (unpaired) electrons. The van der Waals surface area contributed by atoms with Crippen LogP contribution >= 0.6 is 11.6 Å². The Hall–Kier alpha value is -1.78. The lowest BCUT2D eigenvalue weighted by Gasteiger charge is -2.21. The highest BCUT2D eigenvalue weighted by Gasteiger charge is 2.21. The van der Waals surface area contributed by atoms with Gasteiger partial charge in [0, 0.05) is 28.4 Å². The lowest BCUT2D eigenvalue weighted by Crippen LogP contribution is -2.09. The van der Waals surface area contributed by atoms with Crippen LogP contribution in [0.25, 0.3) is 0 Å². The molecule has 0 heterocycles. The fourth-order valence-electron chi connectivity index (χ4n) is 2.03. The Labute approximate surface area is 121 Å². The molecular formula is C15H15ClFNO2. The molecule has 5 heteroatoms. The number of nitrogen functional groups attached to an aromatic ring is 1. The molecule has 106 valence electrons. The second-order valence-electron chi connectivity index (χ2n) is 4.31. The van der Waals surface area contributed by atoms with Crippen molar-refractivity contribution in [3.63, 3.8) is 0 Å². The van der Waals surface area contributed by atoms with Crippen LogP contribution in [0.3, 0.4) is 0 Å². The second-order valence-corrected chi connectivity index (χ2v) is 4.75. The summed E-state index contributed by atoms with van der Waals surface area (Å²) in [6.45, 7) is 2.21. The Morgan fingerprint density at radius 3 is 2.65 bits per heavy atom. The second kappa shape index (κ2) is 6.11. The van der Waals surface area contributed by atoms with Gasteiger partial charge in [-0.3, -0.25) is 0 Å². The molecular weight excluding hydrogens is 281 g/mol. The Balaban J connectivity index is 2.53. The number of rotatable bonds is 4. The molecule has 2 rings (SSSR count). The van der Waals surface area contributed by atoms with Crippen LogP contribution in [0.5, 0.6) is 5.75 Å². The summed E-state index contributed by atoms with van der Waals surface area (Å²) in [5.41, 5.74) is 7.34. The van der Waals surface area contributed by atoms with Gasteiger partial charge in [-0.05, 0) is 37.3 Å². The first-order chi connectivity index (χ1) is 9.52. The number of aromatic hydroxyl groups is 1. The van der Waals surface area contributed by atoms with Crippen LogP contribution in [0.2, 0.25) is 5.02 Å². The molecule has 0 aliphatic heterocycles. The highest BCUT2D eigenvalue weighted by molar-refractivity contribution is 6.30. The minimum Gasteiger partial charge on any atom is -0.508 e. The van der Waals surface area contributed by atoms with Crippen molar-refractivity contribution in [2.75, 3.05) is 12.3 Å². The number of ether oxygens (including phenoxy) is 1. The van der Waals surface area contributed by atoms with Crippen LogP contribution in [0.15, 0.2) is 36.4 Å². The van der Waals surface area contributed by atoms with Crippen LogP contribution in [0.4, 0.5) is 10.1 Å². The van der Waals surface area contributed by atoms with E-state index in [2.05, 4.69) is 0 Å². The van der Waals surface area contributed by atoms with Gasteiger partial charge in [-0.15, -0.1) is 0 Å². The Morgan fingerprint density at radius 1 is 1.25 bits per heavy atom. The summed E-state index contributed by atoms with van der Waals surface area (Å²) < 4.78 is 19.0. The largest absolute Gasteiger partial charge is 0.508 e. The summed E-state index contributed by atoms with van der Waals surface area (Å²) in [6.07, 6.45) is -0.645. The lowest BCUT2D eigenvalue weighted by molar-refractivity contribution is 0.0897. The van der Waals surface area contributed by atoms with Crippen molar-refractivity contribution >= 4 is 17.3 Å². The van der Waals surface area contributed by atoms with Gasteiger partial charge in [-0.25, -0.2) is 4.39 Å². The summed E-state index contributed by atoms with van der Waals surface area (Å²) in [6, 6.07) is 8.71. The molecule has 0 fully saturated rings. The maximum absolute atomic E-state index is 13.4. The van der Waals surface area contributed by atoms with Crippen molar-refractivity contribution in [2.45, 2.75) is 13.0 Å². The summed E-state index contributed by atoms with van der Waals surface area (Å²) in [7, 11) is 0. The molecule has 1 atom stereocenters. The molecule has 20 heavy (non-hydrogen) atoms. The number of nitrogens with two attached hydrogens (primary N) is 1. The zero-order valence-electron chi connectivity index (χ0n) is 10.9. The number of phenolic OH excluding ortho intramolecular Hbond substituents is 1. The number of hydrogen-bond donors (Lipinski definition) is 2. The lowest BCUT2D eigenvalue weighted by atomic mass is 9.99. The first kappa shape index (κ1) is 14.6. The predicted molar refractivity (Wildman–Crippen MR) is 77.4 cm³/mol. The topological polar surface area (TPSA) is 55.5 Å². The van der Waals surface area contributed by atoms with E-state index in [9.17, 15) is 9.50 Å². The van der Waals surface area contributed by atoms with Crippen LogP contribution in [0.1, 0.15) is 24.2 Å². The van der Waals surface area contributed by atoms with E-state index in [0.29, 0.717) is 28.4 Å². The zero-order chi connectivity index (χ0) is 14.7. The minimum atomic E-state index is -0.645. The first-order valence-corrected chi connectivity index (χ1v) is 6.55. The molecule has 0 bridgehead atoms. The van der Waals surface area contributed by atoms with Crippen LogP contribution in [-0.4, -0.2) is 11.7 Å². The van der Waals surface area contributed by atoms with Crippen molar-refractivity contribution in [1.82, 2.24) is 0 Å². The smallest absolute Gasteiger partial charge is 0.123 e. The number of benzene rings is 2. The van der Waals surface area contributed by atoms with E-state index < -0.39 is 11.9 Å². The van der Waals surface area contributed by atoms with Gasteiger partial charge in [-0.1, -0.05) is 17.7 Å². The van der Waals surface area contributed by atoms with Crippen molar-refractivity contribution in [2.24, 2.45) is 0 Å². The van der Waals surface area contributed by atoms with Gasteiger partial charge in [0.1, 0.15) is 17.7 Å². The van der Waals surface area contributed by atoms with Gasteiger partial charge in [0.25, 0.3) is 0 Å².